The highest BCUT2D eigenvalue weighted by Crippen LogP contribution is 2.03. The van der Waals surface area contributed by atoms with Gasteiger partial charge in [0.1, 0.15) is 24.2 Å². The number of hydrogen-bond donors (Lipinski definition) is 1. The van der Waals surface area contributed by atoms with Crippen LogP contribution in [0.3, 0.4) is 0 Å². The van der Waals surface area contributed by atoms with E-state index in [1.807, 2.05) is 32.0 Å². The Bertz CT molecular complexity index is 872. The molecule has 32 heavy (non-hydrogen) atoms. The maximum atomic E-state index is 10.8. The van der Waals surface area contributed by atoms with Crippen molar-refractivity contribution in [3.63, 3.8) is 0 Å². The number of pyridine rings is 2. The van der Waals surface area contributed by atoms with Crippen molar-refractivity contribution in [2.24, 2.45) is 16.0 Å². The standard InChI is InChI=1S/C11H15N3O.C9H9NO2.CH5NO.CH4.ClH/c1-8(12-3)10-6-5-7-11(13-10)9(2)14-15-4;1-6(11)8-4-3-5-9(10-8)7(2)12;1-3-2;;/h5-7H,1-4H3;3-5H,1-2H3;2H2,1H3;1H4;1H/b12-8?,14-9+;;;;. The Labute approximate surface area is 196 Å². The third kappa shape index (κ3) is 12.6. The highest BCUT2D eigenvalue weighted by molar-refractivity contribution is 6.00. The topological polar surface area (TPSA) is 129 Å². The predicted octanol–water partition coefficient (Wildman–Crippen LogP) is 3.94. The first-order valence-corrected chi connectivity index (χ1v) is 8.92. The Morgan fingerprint density at radius 2 is 1.16 bits per heavy atom. The van der Waals surface area contributed by atoms with E-state index in [4.69, 9.17) is 4.84 Å². The molecule has 2 rings (SSSR count). The number of halogens is 1. The smallest absolute Gasteiger partial charge is 0.178 e. The third-order valence-electron chi connectivity index (χ3n) is 3.52. The van der Waals surface area contributed by atoms with Gasteiger partial charge >= 0.3 is 0 Å². The van der Waals surface area contributed by atoms with Crippen molar-refractivity contribution in [1.29, 1.82) is 0 Å². The van der Waals surface area contributed by atoms with Gasteiger partial charge in [-0.2, -0.15) is 0 Å². The molecule has 0 saturated carbocycles. The number of hydrogen-bond acceptors (Lipinski definition) is 9. The fourth-order valence-electron chi connectivity index (χ4n) is 1.96. The highest BCUT2D eigenvalue weighted by atomic mass is 35.5. The molecule has 178 valence electrons. The van der Waals surface area contributed by atoms with E-state index in [-0.39, 0.29) is 31.4 Å². The van der Waals surface area contributed by atoms with Gasteiger partial charge in [0.25, 0.3) is 0 Å². The molecular weight excluding hydrogens is 434 g/mol. The maximum absolute atomic E-state index is 10.8. The molecule has 0 aromatic carbocycles. The van der Waals surface area contributed by atoms with Crippen LogP contribution in [0.2, 0.25) is 0 Å². The zero-order valence-electron chi connectivity index (χ0n) is 18.9. The molecule has 0 unspecified atom stereocenters. The van der Waals surface area contributed by atoms with Crippen molar-refractivity contribution in [2.75, 3.05) is 21.3 Å². The molecule has 2 aromatic heterocycles. The van der Waals surface area contributed by atoms with Crippen molar-refractivity contribution in [2.45, 2.75) is 35.1 Å². The van der Waals surface area contributed by atoms with Crippen molar-refractivity contribution in [3.8, 4) is 0 Å². The summed E-state index contributed by atoms with van der Waals surface area (Å²) in [5.74, 6) is 4.09. The Morgan fingerprint density at radius 1 is 0.812 bits per heavy atom. The molecule has 0 bridgehead atoms. The minimum atomic E-state index is -0.127. The van der Waals surface area contributed by atoms with Gasteiger partial charge in [-0.25, -0.2) is 15.9 Å². The van der Waals surface area contributed by atoms with Crippen LogP contribution in [0.5, 0.6) is 0 Å². The maximum Gasteiger partial charge on any atom is 0.178 e. The number of nitrogens with two attached hydrogens (primary N) is 1. The molecule has 0 amide bonds. The second-order valence-electron chi connectivity index (χ2n) is 5.83. The average molecular weight is 468 g/mol. The quantitative estimate of drug-likeness (QED) is 0.400. The summed E-state index contributed by atoms with van der Waals surface area (Å²) in [6.07, 6.45) is 0. The minimum Gasteiger partial charge on any atom is -0.399 e. The average Bonchev–Trinajstić information content (AvgIpc) is 2.74. The molecule has 0 radical (unpaired) electrons. The number of aromatic nitrogens is 2. The lowest BCUT2D eigenvalue weighted by Gasteiger charge is -2.02. The van der Waals surface area contributed by atoms with E-state index in [1.54, 1.807) is 25.2 Å². The Hall–Kier alpha value is -3.01. The molecule has 2 heterocycles. The molecular formula is C22H34ClN5O4. The summed E-state index contributed by atoms with van der Waals surface area (Å²) < 4.78 is 0. The number of oxime groups is 1. The molecule has 2 aromatic rings. The normalized spacial score (nSPS) is 10.1. The molecule has 2 N–H and O–H groups in total. The van der Waals surface area contributed by atoms with E-state index in [9.17, 15) is 9.59 Å². The molecule has 0 aliphatic rings. The molecule has 0 fully saturated rings. The molecule has 0 aliphatic heterocycles. The van der Waals surface area contributed by atoms with Crippen LogP contribution in [0.1, 0.15) is 67.5 Å². The SMILES string of the molecule is C.CC(=O)c1cccc(C(C)=O)n1.CN=C(C)c1cccc(/C(C)=N/OC)n1.CON.Cl. The van der Waals surface area contributed by atoms with E-state index >= 15 is 0 Å². The van der Waals surface area contributed by atoms with Crippen LogP contribution in [0, 0.1) is 0 Å². The van der Waals surface area contributed by atoms with E-state index < -0.39 is 0 Å². The van der Waals surface area contributed by atoms with Crippen molar-refractivity contribution in [1.82, 2.24) is 9.97 Å². The minimum absolute atomic E-state index is 0. The highest BCUT2D eigenvalue weighted by Gasteiger charge is 2.05. The lowest BCUT2D eigenvalue weighted by molar-refractivity contribution is 0.101. The number of carbonyl (C=O) groups is 2. The first kappa shape index (κ1) is 33.6. The monoisotopic (exact) mass is 467 g/mol. The fourth-order valence-corrected chi connectivity index (χ4v) is 1.96. The van der Waals surface area contributed by atoms with Gasteiger partial charge in [0.05, 0.1) is 24.2 Å². The molecule has 9 nitrogen and oxygen atoms in total. The second-order valence-corrected chi connectivity index (χ2v) is 5.83. The first-order valence-electron chi connectivity index (χ1n) is 8.92. The molecule has 0 saturated heterocycles. The van der Waals surface area contributed by atoms with Crippen LogP contribution in [-0.2, 0) is 9.68 Å². The summed E-state index contributed by atoms with van der Waals surface area (Å²) in [6.45, 7) is 6.63. The van der Waals surface area contributed by atoms with Gasteiger partial charge in [0.2, 0.25) is 0 Å². The van der Waals surface area contributed by atoms with Gasteiger partial charge in [-0.1, -0.05) is 24.7 Å². The summed E-state index contributed by atoms with van der Waals surface area (Å²) in [5.41, 5.74) is 3.99. The van der Waals surface area contributed by atoms with Gasteiger partial charge in [0.15, 0.2) is 11.6 Å². The summed E-state index contributed by atoms with van der Waals surface area (Å²) >= 11 is 0. The lowest BCUT2D eigenvalue weighted by Crippen LogP contribution is -2.05. The summed E-state index contributed by atoms with van der Waals surface area (Å²) in [7, 11) is 4.67. The van der Waals surface area contributed by atoms with E-state index in [0.29, 0.717) is 11.4 Å². The Balaban J connectivity index is -0.000000450. The van der Waals surface area contributed by atoms with Gasteiger partial charge in [0, 0.05) is 20.9 Å². The van der Waals surface area contributed by atoms with Gasteiger partial charge < -0.3 is 9.68 Å². The number of rotatable bonds is 5. The predicted molar refractivity (Wildman–Crippen MR) is 131 cm³/mol. The molecule has 0 aliphatic carbocycles. The summed E-state index contributed by atoms with van der Waals surface area (Å²) in [6, 6.07) is 10.6. The second kappa shape index (κ2) is 18.7. The number of Topliss-reactive ketones (excluding diaryl/α,β-unsaturated/α-hetero) is 2. The van der Waals surface area contributed by atoms with Crippen molar-refractivity contribution < 1.29 is 19.3 Å². The number of nitrogens with zero attached hydrogens (tertiary/aromatic N) is 4. The van der Waals surface area contributed by atoms with Gasteiger partial charge in [-0.15, -0.1) is 12.4 Å². The van der Waals surface area contributed by atoms with Crippen LogP contribution in [0.25, 0.3) is 0 Å². The van der Waals surface area contributed by atoms with E-state index in [2.05, 4.69) is 30.9 Å². The van der Waals surface area contributed by atoms with Crippen LogP contribution in [0.4, 0.5) is 0 Å². The van der Waals surface area contributed by atoms with Crippen molar-refractivity contribution >= 4 is 35.4 Å². The largest absolute Gasteiger partial charge is 0.399 e. The first-order chi connectivity index (χ1) is 14.2. The summed E-state index contributed by atoms with van der Waals surface area (Å²) in [4.78, 5) is 42.5. The number of ketones is 2. The van der Waals surface area contributed by atoms with E-state index in [1.165, 1.54) is 28.1 Å². The Kier molecular flexibility index (Phi) is 19.7. The van der Waals surface area contributed by atoms with Crippen LogP contribution >= 0.6 is 12.4 Å². The zero-order chi connectivity index (χ0) is 23.1. The summed E-state index contributed by atoms with van der Waals surface area (Å²) in [5, 5.41) is 3.84. The molecule has 0 spiro atoms. The number of aliphatic imine (C=N–C) groups is 1. The lowest BCUT2D eigenvalue weighted by atomic mass is 10.2. The van der Waals surface area contributed by atoms with Crippen LogP contribution < -0.4 is 5.90 Å². The molecule has 10 heteroatoms. The zero-order valence-corrected chi connectivity index (χ0v) is 19.7. The molecule has 0 atom stereocenters. The van der Waals surface area contributed by atoms with Crippen molar-refractivity contribution in [3.05, 3.63) is 59.2 Å². The van der Waals surface area contributed by atoms with Crippen LogP contribution in [-0.4, -0.2) is 54.2 Å². The number of carbonyl (C=O) groups excluding carboxylic acids is 2. The van der Waals surface area contributed by atoms with Gasteiger partial charge in [-0.3, -0.25) is 14.6 Å². The van der Waals surface area contributed by atoms with E-state index in [0.717, 1.165) is 22.8 Å². The van der Waals surface area contributed by atoms with Gasteiger partial charge in [-0.05, 0) is 38.1 Å². The third-order valence-corrected chi connectivity index (χ3v) is 3.52. The van der Waals surface area contributed by atoms with Crippen LogP contribution in [0.15, 0.2) is 46.5 Å². The fraction of sp³-hybridized carbons (Fsp3) is 0.364. The Morgan fingerprint density at radius 3 is 1.50 bits per heavy atom.